The van der Waals surface area contributed by atoms with Crippen LogP contribution in [0.4, 0.5) is 10.1 Å². The molecule has 7 nitrogen and oxygen atoms in total. The van der Waals surface area contributed by atoms with E-state index in [9.17, 15) is 23.6 Å². The molecule has 1 heterocycles. The van der Waals surface area contributed by atoms with E-state index in [1.165, 1.54) is 7.11 Å². The molecule has 0 spiro atoms. The molecule has 1 aliphatic carbocycles. The van der Waals surface area contributed by atoms with Gasteiger partial charge in [-0.05, 0) is 32.6 Å². The second kappa shape index (κ2) is 9.98. The van der Waals surface area contributed by atoms with Gasteiger partial charge in [0.2, 0.25) is 11.0 Å². The number of methoxy groups -OCH3 is 1. The average Bonchev–Trinajstić information content (AvgIpc) is 2.95. The van der Waals surface area contributed by atoms with Gasteiger partial charge in [0, 0.05) is 22.9 Å². The van der Waals surface area contributed by atoms with E-state index >= 15 is 0 Å². The van der Waals surface area contributed by atoms with Crippen molar-refractivity contribution in [2.45, 2.75) is 46.0 Å². The Bertz CT molecular complexity index is 878. The number of nitrogens with zero attached hydrogens (tertiary/aromatic N) is 1. The van der Waals surface area contributed by atoms with Crippen molar-refractivity contribution in [2.75, 3.05) is 18.6 Å². The van der Waals surface area contributed by atoms with E-state index in [4.69, 9.17) is 21.1 Å². The van der Waals surface area contributed by atoms with Gasteiger partial charge >= 0.3 is 11.9 Å². The van der Waals surface area contributed by atoms with Crippen LogP contribution in [0.2, 0.25) is 5.02 Å². The SMILES string of the molecule is CCOC(=O)Cc1sc(F)c(N(C(C)=O)C(=O)C2=C(C(=O)OC)CCCC2)c1Cl. The molecule has 0 aromatic carbocycles. The van der Waals surface area contributed by atoms with Gasteiger partial charge in [0.1, 0.15) is 5.69 Å². The molecule has 1 aliphatic rings. The fraction of sp³-hybridized carbons (Fsp3) is 0.474. The zero-order chi connectivity index (χ0) is 21.7. The van der Waals surface area contributed by atoms with Crippen molar-refractivity contribution < 1.29 is 33.0 Å². The van der Waals surface area contributed by atoms with Crippen molar-refractivity contribution >= 4 is 52.4 Å². The van der Waals surface area contributed by atoms with Gasteiger partial charge < -0.3 is 9.47 Å². The second-order valence-corrected chi connectivity index (χ2v) is 7.69. The summed E-state index contributed by atoms with van der Waals surface area (Å²) in [4.78, 5) is 49.9. The lowest BCUT2D eigenvalue weighted by atomic mass is 9.90. The van der Waals surface area contributed by atoms with E-state index in [2.05, 4.69) is 0 Å². The van der Waals surface area contributed by atoms with Crippen molar-refractivity contribution in [1.29, 1.82) is 0 Å². The van der Waals surface area contributed by atoms with E-state index in [1.54, 1.807) is 6.92 Å². The van der Waals surface area contributed by atoms with Crippen molar-refractivity contribution in [3.8, 4) is 0 Å². The Balaban J connectivity index is 2.49. The topological polar surface area (TPSA) is 90.0 Å². The van der Waals surface area contributed by atoms with Gasteiger partial charge in [-0.25, -0.2) is 9.69 Å². The largest absolute Gasteiger partial charge is 0.466 e. The lowest BCUT2D eigenvalue weighted by molar-refractivity contribution is -0.142. The Morgan fingerprint density at radius 2 is 1.79 bits per heavy atom. The van der Waals surface area contributed by atoms with Gasteiger partial charge in [0.25, 0.3) is 5.91 Å². The van der Waals surface area contributed by atoms with Crippen LogP contribution in [0.5, 0.6) is 0 Å². The van der Waals surface area contributed by atoms with E-state index in [-0.39, 0.29) is 40.5 Å². The van der Waals surface area contributed by atoms with Crippen LogP contribution < -0.4 is 4.90 Å². The van der Waals surface area contributed by atoms with E-state index in [1.807, 2.05) is 0 Å². The molecule has 158 valence electrons. The number of carbonyl (C=O) groups is 4. The first-order chi connectivity index (χ1) is 13.7. The third kappa shape index (κ3) is 5.02. The first kappa shape index (κ1) is 23.0. The van der Waals surface area contributed by atoms with Gasteiger partial charge in [0.05, 0.1) is 25.2 Å². The number of carbonyl (C=O) groups excluding carboxylic acids is 4. The van der Waals surface area contributed by atoms with Crippen LogP contribution in [0.25, 0.3) is 0 Å². The highest BCUT2D eigenvalue weighted by Gasteiger charge is 2.35. The summed E-state index contributed by atoms with van der Waals surface area (Å²) in [5.41, 5.74) is -0.142. The Morgan fingerprint density at radius 1 is 1.17 bits per heavy atom. The molecule has 0 unspecified atom stereocenters. The molecule has 1 aromatic heterocycles. The van der Waals surface area contributed by atoms with Crippen LogP contribution in [0.15, 0.2) is 11.1 Å². The number of imide groups is 1. The number of anilines is 1. The number of thiophene rings is 1. The molecule has 1 aromatic rings. The first-order valence-electron chi connectivity index (χ1n) is 9.00. The monoisotopic (exact) mass is 445 g/mol. The van der Waals surface area contributed by atoms with Gasteiger partial charge in [-0.3, -0.25) is 14.4 Å². The standard InChI is InChI=1S/C19H21ClFNO6S/c1-4-28-14(24)9-13-15(20)16(17(21)29-13)22(10(2)23)18(25)11-7-5-6-8-12(11)19(26)27-3/h4-9H2,1-3H3. The number of hydrogen-bond acceptors (Lipinski definition) is 7. The molecule has 10 heteroatoms. The summed E-state index contributed by atoms with van der Waals surface area (Å²) in [5.74, 6) is -2.85. The second-order valence-electron chi connectivity index (χ2n) is 6.26. The van der Waals surface area contributed by atoms with Crippen molar-refractivity contribution in [1.82, 2.24) is 0 Å². The van der Waals surface area contributed by atoms with Crippen LogP contribution in [-0.4, -0.2) is 37.5 Å². The van der Waals surface area contributed by atoms with Crippen molar-refractivity contribution in [3.63, 3.8) is 0 Å². The summed E-state index contributed by atoms with van der Waals surface area (Å²) in [6.07, 6.45) is 1.63. The molecular weight excluding hydrogens is 425 g/mol. The highest BCUT2D eigenvalue weighted by atomic mass is 35.5. The molecule has 0 saturated carbocycles. The molecule has 0 saturated heterocycles. The molecule has 2 amide bonds. The predicted molar refractivity (Wildman–Crippen MR) is 105 cm³/mol. The van der Waals surface area contributed by atoms with Crippen molar-refractivity contribution in [3.05, 3.63) is 26.2 Å². The molecule has 29 heavy (non-hydrogen) atoms. The quantitative estimate of drug-likeness (QED) is 0.622. The minimum Gasteiger partial charge on any atom is -0.466 e. The zero-order valence-corrected chi connectivity index (χ0v) is 17.9. The molecule has 0 N–H and O–H groups in total. The first-order valence-corrected chi connectivity index (χ1v) is 10.2. The Morgan fingerprint density at radius 3 is 2.34 bits per heavy atom. The maximum Gasteiger partial charge on any atom is 0.334 e. The number of esters is 2. The van der Waals surface area contributed by atoms with Crippen LogP contribution in [0, 0.1) is 5.13 Å². The maximum absolute atomic E-state index is 14.7. The Kier molecular flexibility index (Phi) is 7.92. The minimum absolute atomic E-state index is 0.104. The Hall–Kier alpha value is -2.26. The average molecular weight is 446 g/mol. The van der Waals surface area contributed by atoms with E-state index in [0.29, 0.717) is 35.5 Å². The molecule has 0 radical (unpaired) electrons. The Labute approximate surface area is 176 Å². The summed E-state index contributed by atoms with van der Waals surface area (Å²) < 4.78 is 24.3. The number of ether oxygens (including phenoxy) is 2. The van der Waals surface area contributed by atoms with Gasteiger partial charge in [0.15, 0.2) is 0 Å². The van der Waals surface area contributed by atoms with Crippen LogP contribution in [0.1, 0.15) is 44.4 Å². The smallest absolute Gasteiger partial charge is 0.334 e. The third-order valence-electron chi connectivity index (χ3n) is 4.36. The number of rotatable bonds is 6. The fourth-order valence-electron chi connectivity index (χ4n) is 3.09. The normalized spacial score (nSPS) is 13.8. The third-order valence-corrected chi connectivity index (χ3v) is 5.85. The summed E-state index contributed by atoms with van der Waals surface area (Å²) in [5, 5.41) is -1.09. The van der Waals surface area contributed by atoms with Crippen LogP contribution in [0.3, 0.4) is 0 Å². The molecule has 0 atom stereocenters. The number of halogens is 2. The van der Waals surface area contributed by atoms with Crippen LogP contribution in [-0.2, 0) is 35.1 Å². The number of hydrogen-bond donors (Lipinski definition) is 0. The van der Waals surface area contributed by atoms with E-state index < -0.39 is 34.6 Å². The van der Waals surface area contributed by atoms with Crippen LogP contribution >= 0.6 is 22.9 Å². The highest BCUT2D eigenvalue weighted by molar-refractivity contribution is 7.11. The molecule has 0 fully saturated rings. The lowest BCUT2D eigenvalue weighted by Crippen LogP contribution is -2.38. The predicted octanol–water partition coefficient (Wildman–Crippen LogP) is 3.57. The molecule has 0 aliphatic heterocycles. The summed E-state index contributed by atoms with van der Waals surface area (Å²) in [6, 6.07) is 0. The summed E-state index contributed by atoms with van der Waals surface area (Å²) >= 11 is 6.79. The zero-order valence-electron chi connectivity index (χ0n) is 16.3. The van der Waals surface area contributed by atoms with E-state index in [0.717, 1.165) is 6.92 Å². The summed E-state index contributed by atoms with van der Waals surface area (Å²) in [6.45, 7) is 2.88. The highest BCUT2D eigenvalue weighted by Crippen LogP contribution is 2.41. The van der Waals surface area contributed by atoms with Gasteiger partial charge in [-0.15, -0.1) is 11.3 Å². The lowest BCUT2D eigenvalue weighted by Gasteiger charge is -2.24. The van der Waals surface area contributed by atoms with Crippen molar-refractivity contribution in [2.24, 2.45) is 0 Å². The molecule has 2 rings (SSSR count). The molecular formula is C19H21ClFNO6S. The maximum atomic E-state index is 14.7. The minimum atomic E-state index is -0.881. The summed E-state index contributed by atoms with van der Waals surface area (Å²) in [7, 11) is 1.20. The molecule has 0 bridgehead atoms. The van der Waals surface area contributed by atoms with Gasteiger partial charge in [-0.2, -0.15) is 4.39 Å². The van der Waals surface area contributed by atoms with Gasteiger partial charge in [-0.1, -0.05) is 11.6 Å². The number of amides is 2. The fourth-order valence-corrected chi connectivity index (χ4v) is 4.38.